The van der Waals surface area contributed by atoms with Crippen LogP contribution in [0.15, 0.2) is 40.9 Å². The molecule has 2 N–H and O–H groups in total. The van der Waals surface area contributed by atoms with E-state index in [4.69, 9.17) is 15.2 Å². The lowest BCUT2D eigenvalue weighted by Gasteiger charge is -2.07. The summed E-state index contributed by atoms with van der Waals surface area (Å²) < 4.78 is 11.6. The van der Waals surface area contributed by atoms with Gasteiger partial charge in [0.1, 0.15) is 5.75 Å². The van der Waals surface area contributed by atoms with Crippen molar-refractivity contribution in [2.45, 2.75) is 0 Å². The zero-order valence-corrected chi connectivity index (χ0v) is 10.8. The van der Waals surface area contributed by atoms with Gasteiger partial charge in [0, 0.05) is 10.5 Å². The van der Waals surface area contributed by atoms with Gasteiger partial charge in [0.2, 0.25) is 11.8 Å². The molecule has 0 aliphatic rings. The number of nitrogens with zero attached hydrogens (tertiary/aromatic N) is 1. The van der Waals surface area contributed by atoms with E-state index < -0.39 is 0 Å². The van der Waals surface area contributed by atoms with Crippen LogP contribution in [0.5, 0.6) is 17.5 Å². The number of aromatic nitrogens is 1. The molecule has 0 saturated carbocycles. The van der Waals surface area contributed by atoms with E-state index in [9.17, 15) is 0 Å². The lowest BCUT2D eigenvalue weighted by atomic mass is 10.3. The van der Waals surface area contributed by atoms with Gasteiger partial charge in [-0.25, -0.2) is 0 Å². The third-order valence-corrected chi connectivity index (χ3v) is 2.62. The van der Waals surface area contributed by atoms with E-state index in [0.717, 1.165) is 4.47 Å². The first-order chi connectivity index (χ1) is 8.19. The van der Waals surface area contributed by atoms with Gasteiger partial charge in [-0.1, -0.05) is 15.9 Å². The zero-order chi connectivity index (χ0) is 12.3. The molecule has 5 heteroatoms. The third-order valence-electron chi connectivity index (χ3n) is 2.09. The van der Waals surface area contributed by atoms with Crippen LogP contribution in [-0.4, -0.2) is 12.1 Å². The van der Waals surface area contributed by atoms with E-state index in [0.29, 0.717) is 23.2 Å². The minimum Gasteiger partial charge on any atom is -0.479 e. The van der Waals surface area contributed by atoms with Crippen molar-refractivity contribution in [1.82, 2.24) is 4.98 Å². The predicted molar refractivity (Wildman–Crippen MR) is 69.4 cm³/mol. The van der Waals surface area contributed by atoms with Gasteiger partial charge in [0.05, 0.1) is 12.8 Å². The summed E-state index contributed by atoms with van der Waals surface area (Å²) in [6.45, 7) is 0. The first kappa shape index (κ1) is 11.7. The second kappa shape index (κ2) is 5.05. The van der Waals surface area contributed by atoms with Crippen LogP contribution < -0.4 is 15.2 Å². The molecule has 17 heavy (non-hydrogen) atoms. The van der Waals surface area contributed by atoms with Gasteiger partial charge in [0.15, 0.2) is 0 Å². The van der Waals surface area contributed by atoms with Crippen LogP contribution in [0.4, 0.5) is 5.69 Å². The molecule has 0 unspecified atom stereocenters. The molecular weight excluding hydrogens is 284 g/mol. The van der Waals surface area contributed by atoms with Crippen LogP contribution in [0.2, 0.25) is 0 Å². The second-order valence-corrected chi connectivity index (χ2v) is 4.22. The maximum Gasteiger partial charge on any atom is 0.240 e. The van der Waals surface area contributed by atoms with Crippen molar-refractivity contribution < 1.29 is 9.47 Å². The SMILES string of the molecule is COc1nc(Oc2ccc(Br)cc2)ccc1N. The Labute approximate surface area is 108 Å². The number of ether oxygens (including phenoxy) is 2. The summed E-state index contributed by atoms with van der Waals surface area (Å²) in [5.41, 5.74) is 6.15. The number of benzene rings is 1. The Kier molecular flexibility index (Phi) is 3.49. The summed E-state index contributed by atoms with van der Waals surface area (Å²) in [5.74, 6) is 1.51. The molecule has 0 fully saturated rings. The number of nitrogens with two attached hydrogens (primary N) is 1. The normalized spacial score (nSPS) is 10.0. The van der Waals surface area contributed by atoms with Crippen molar-refractivity contribution in [2.75, 3.05) is 12.8 Å². The zero-order valence-electron chi connectivity index (χ0n) is 9.18. The van der Waals surface area contributed by atoms with Crippen molar-refractivity contribution in [2.24, 2.45) is 0 Å². The van der Waals surface area contributed by atoms with Crippen LogP contribution in [0.25, 0.3) is 0 Å². The Morgan fingerprint density at radius 1 is 1.12 bits per heavy atom. The molecule has 88 valence electrons. The maximum atomic E-state index is 5.66. The van der Waals surface area contributed by atoms with Crippen LogP contribution in [0.1, 0.15) is 0 Å². The van der Waals surface area contributed by atoms with Gasteiger partial charge >= 0.3 is 0 Å². The van der Waals surface area contributed by atoms with Gasteiger partial charge in [-0.3, -0.25) is 0 Å². The molecule has 0 radical (unpaired) electrons. The summed E-state index contributed by atoms with van der Waals surface area (Å²) in [6.07, 6.45) is 0. The number of nitrogen functional groups attached to an aromatic ring is 1. The van der Waals surface area contributed by atoms with E-state index in [1.165, 1.54) is 7.11 Å². The molecule has 2 rings (SSSR count). The molecule has 0 spiro atoms. The van der Waals surface area contributed by atoms with Crippen LogP contribution >= 0.6 is 15.9 Å². The Balaban J connectivity index is 2.21. The third kappa shape index (κ3) is 2.88. The maximum absolute atomic E-state index is 5.66. The first-order valence-corrected chi connectivity index (χ1v) is 5.72. The Morgan fingerprint density at radius 2 is 1.82 bits per heavy atom. The molecule has 0 atom stereocenters. The van der Waals surface area contributed by atoms with Crippen molar-refractivity contribution in [3.8, 4) is 17.5 Å². The smallest absolute Gasteiger partial charge is 0.240 e. The van der Waals surface area contributed by atoms with Gasteiger partial charge in [-0.2, -0.15) is 4.98 Å². The summed E-state index contributed by atoms with van der Waals surface area (Å²) in [5, 5.41) is 0. The van der Waals surface area contributed by atoms with E-state index in [1.807, 2.05) is 24.3 Å². The van der Waals surface area contributed by atoms with E-state index in [-0.39, 0.29) is 0 Å². The fourth-order valence-corrected chi connectivity index (χ4v) is 1.54. The van der Waals surface area contributed by atoms with Gasteiger partial charge in [-0.15, -0.1) is 0 Å². The predicted octanol–water partition coefficient (Wildman–Crippen LogP) is 3.23. The number of pyridine rings is 1. The first-order valence-electron chi connectivity index (χ1n) is 4.93. The van der Waals surface area contributed by atoms with E-state index in [1.54, 1.807) is 12.1 Å². The molecular formula is C12H11BrN2O2. The Hall–Kier alpha value is -1.75. The topological polar surface area (TPSA) is 57.4 Å². The van der Waals surface area contributed by atoms with Crippen LogP contribution in [-0.2, 0) is 0 Å². The fraction of sp³-hybridized carbons (Fsp3) is 0.0833. The number of methoxy groups -OCH3 is 1. The molecule has 0 aliphatic heterocycles. The summed E-state index contributed by atoms with van der Waals surface area (Å²) >= 11 is 3.36. The molecule has 1 aromatic carbocycles. The average molecular weight is 295 g/mol. The Bertz CT molecular complexity index is 514. The minimum absolute atomic E-state index is 0.361. The molecule has 0 aliphatic carbocycles. The molecule has 1 aromatic heterocycles. The van der Waals surface area contributed by atoms with Crippen molar-refractivity contribution in [1.29, 1.82) is 0 Å². The second-order valence-electron chi connectivity index (χ2n) is 3.30. The van der Waals surface area contributed by atoms with Gasteiger partial charge in [-0.05, 0) is 30.3 Å². The highest BCUT2D eigenvalue weighted by Crippen LogP contribution is 2.26. The standard InChI is InChI=1S/C12H11BrN2O2/c1-16-12-10(14)6-7-11(15-12)17-9-4-2-8(13)3-5-9/h2-7H,14H2,1H3. The number of rotatable bonds is 3. The summed E-state index contributed by atoms with van der Waals surface area (Å²) in [4.78, 5) is 4.13. The van der Waals surface area contributed by atoms with E-state index in [2.05, 4.69) is 20.9 Å². The molecule has 4 nitrogen and oxygen atoms in total. The van der Waals surface area contributed by atoms with Crippen molar-refractivity contribution in [3.63, 3.8) is 0 Å². The van der Waals surface area contributed by atoms with Crippen LogP contribution in [0.3, 0.4) is 0 Å². The number of anilines is 1. The number of hydrogen-bond acceptors (Lipinski definition) is 4. The van der Waals surface area contributed by atoms with Gasteiger partial charge < -0.3 is 15.2 Å². The highest BCUT2D eigenvalue weighted by Gasteiger charge is 2.04. The van der Waals surface area contributed by atoms with Crippen LogP contribution in [0, 0.1) is 0 Å². The summed E-state index contributed by atoms with van der Waals surface area (Å²) in [7, 11) is 1.52. The van der Waals surface area contributed by atoms with Gasteiger partial charge in [0.25, 0.3) is 0 Å². The highest BCUT2D eigenvalue weighted by atomic mass is 79.9. The number of halogens is 1. The molecule has 1 heterocycles. The van der Waals surface area contributed by atoms with Crippen molar-refractivity contribution in [3.05, 3.63) is 40.9 Å². The number of hydrogen-bond donors (Lipinski definition) is 1. The van der Waals surface area contributed by atoms with Crippen molar-refractivity contribution >= 4 is 21.6 Å². The van der Waals surface area contributed by atoms with E-state index >= 15 is 0 Å². The highest BCUT2D eigenvalue weighted by molar-refractivity contribution is 9.10. The molecule has 0 saturated heterocycles. The minimum atomic E-state index is 0.361. The molecule has 2 aromatic rings. The lowest BCUT2D eigenvalue weighted by Crippen LogP contribution is -1.96. The fourth-order valence-electron chi connectivity index (χ4n) is 1.28. The largest absolute Gasteiger partial charge is 0.479 e. The quantitative estimate of drug-likeness (QED) is 0.944. The monoisotopic (exact) mass is 294 g/mol. The summed E-state index contributed by atoms with van der Waals surface area (Å²) in [6, 6.07) is 10.9. The molecule has 0 amide bonds. The lowest BCUT2D eigenvalue weighted by molar-refractivity contribution is 0.385. The average Bonchev–Trinajstić information content (AvgIpc) is 2.34. The Morgan fingerprint density at radius 3 is 2.47 bits per heavy atom. The molecule has 0 bridgehead atoms.